The van der Waals surface area contributed by atoms with Crippen molar-refractivity contribution in [1.29, 1.82) is 0 Å². The first-order valence-corrected chi connectivity index (χ1v) is 5.51. The molecular formula is C12H20N2O2. The lowest BCUT2D eigenvalue weighted by atomic mass is 10.1. The Morgan fingerprint density at radius 1 is 1.44 bits per heavy atom. The molecule has 16 heavy (non-hydrogen) atoms. The van der Waals surface area contributed by atoms with E-state index in [1.165, 1.54) is 0 Å². The fourth-order valence-electron chi connectivity index (χ4n) is 1.59. The van der Waals surface area contributed by atoms with E-state index < -0.39 is 0 Å². The molecule has 4 nitrogen and oxygen atoms in total. The molecule has 0 aliphatic heterocycles. The van der Waals surface area contributed by atoms with Crippen LogP contribution in [0.4, 0.5) is 11.4 Å². The third kappa shape index (κ3) is 3.62. The van der Waals surface area contributed by atoms with E-state index in [0.29, 0.717) is 5.69 Å². The summed E-state index contributed by atoms with van der Waals surface area (Å²) in [7, 11) is 1.61. The quantitative estimate of drug-likeness (QED) is 0.645. The number of hydrogen-bond donors (Lipinski definition) is 3. The second-order valence-electron chi connectivity index (χ2n) is 3.76. The summed E-state index contributed by atoms with van der Waals surface area (Å²) in [6, 6.07) is 5.80. The average Bonchev–Trinajstić information content (AvgIpc) is 2.27. The molecule has 4 heteroatoms. The van der Waals surface area contributed by atoms with Gasteiger partial charge in [0, 0.05) is 36.2 Å². The number of anilines is 2. The van der Waals surface area contributed by atoms with Crippen LogP contribution in [0.1, 0.15) is 19.8 Å². The number of nitrogens with two attached hydrogens (primary N) is 1. The van der Waals surface area contributed by atoms with Crippen molar-refractivity contribution < 1.29 is 9.84 Å². The highest BCUT2D eigenvalue weighted by atomic mass is 16.5. The molecule has 4 N–H and O–H groups in total. The van der Waals surface area contributed by atoms with Crippen molar-refractivity contribution in [2.24, 2.45) is 0 Å². The Morgan fingerprint density at radius 3 is 2.75 bits per heavy atom. The maximum absolute atomic E-state index is 8.91. The van der Waals surface area contributed by atoms with Crippen molar-refractivity contribution in [3.8, 4) is 5.75 Å². The van der Waals surface area contributed by atoms with Crippen molar-refractivity contribution in [1.82, 2.24) is 0 Å². The highest BCUT2D eigenvalue weighted by Gasteiger charge is 2.06. The van der Waals surface area contributed by atoms with Gasteiger partial charge in [0.15, 0.2) is 0 Å². The predicted molar refractivity (Wildman–Crippen MR) is 66.8 cm³/mol. The van der Waals surface area contributed by atoms with E-state index in [-0.39, 0.29) is 12.6 Å². The van der Waals surface area contributed by atoms with Crippen molar-refractivity contribution in [3.05, 3.63) is 18.2 Å². The monoisotopic (exact) mass is 224 g/mol. The SMILES string of the molecule is CCC(CCO)Nc1cc(N)cc(OC)c1. The van der Waals surface area contributed by atoms with Crippen LogP contribution in [0.15, 0.2) is 18.2 Å². The molecule has 0 fully saturated rings. The van der Waals surface area contributed by atoms with Crippen LogP contribution in [0.5, 0.6) is 5.75 Å². The topological polar surface area (TPSA) is 67.5 Å². The molecule has 90 valence electrons. The first-order chi connectivity index (χ1) is 7.69. The fourth-order valence-corrected chi connectivity index (χ4v) is 1.59. The van der Waals surface area contributed by atoms with Crippen LogP contribution < -0.4 is 15.8 Å². The van der Waals surface area contributed by atoms with Crippen LogP contribution in [-0.2, 0) is 0 Å². The van der Waals surface area contributed by atoms with Gasteiger partial charge in [0.1, 0.15) is 5.75 Å². The largest absolute Gasteiger partial charge is 0.497 e. The van der Waals surface area contributed by atoms with E-state index in [4.69, 9.17) is 15.6 Å². The average molecular weight is 224 g/mol. The third-order valence-corrected chi connectivity index (χ3v) is 2.51. The van der Waals surface area contributed by atoms with E-state index in [9.17, 15) is 0 Å². The molecule has 0 radical (unpaired) electrons. The number of benzene rings is 1. The number of aliphatic hydroxyl groups excluding tert-OH is 1. The zero-order chi connectivity index (χ0) is 12.0. The molecule has 0 aliphatic carbocycles. The lowest BCUT2D eigenvalue weighted by molar-refractivity contribution is 0.278. The number of ether oxygens (including phenoxy) is 1. The molecule has 1 rings (SSSR count). The molecule has 1 aromatic rings. The van der Waals surface area contributed by atoms with Crippen molar-refractivity contribution in [3.63, 3.8) is 0 Å². The summed E-state index contributed by atoms with van der Waals surface area (Å²) in [4.78, 5) is 0. The van der Waals surface area contributed by atoms with Crippen LogP contribution >= 0.6 is 0 Å². The maximum atomic E-state index is 8.91. The first kappa shape index (κ1) is 12.6. The Hall–Kier alpha value is -1.42. The Balaban J connectivity index is 2.74. The molecule has 0 aromatic heterocycles. The summed E-state index contributed by atoms with van der Waals surface area (Å²) in [5.41, 5.74) is 7.35. The fraction of sp³-hybridized carbons (Fsp3) is 0.500. The van der Waals surface area contributed by atoms with E-state index >= 15 is 0 Å². The molecule has 0 bridgehead atoms. The summed E-state index contributed by atoms with van der Waals surface area (Å²) in [5.74, 6) is 0.737. The molecule has 1 atom stereocenters. The molecule has 0 saturated carbocycles. The number of nitrogen functional groups attached to an aromatic ring is 1. The lowest BCUT2D eigenvalue weighted by Crippen LogP contribution is -2.19. The summed E-state index contributed by atoms with van der Waals surface area (Å²) in [6.45, 7) is 2.27. The minimum atomic E-state index is 0.185. The van der Waals surface area contributed by atoms with Crippen LogP contribution in [0.3, 0.4) is 0 Å². The number of rotatable bonds is 6. The van der Waals surface area contributed by atoms with Gasteiger partial charge in [-0.25, -0.2) is 0 Å². The molecule has 1 unspecified atom stereocenters. The van der Waals surface area contributed by atoms with Gasteiger partial charge in [-0.1, -0.05) is 6.92 Å². The zero-order valence-electron chi connectivity index (χ0n) is 9.86. The molecule has 1 aromatic carbocycles. The van der Waals surface area contributed by atoms with Gasteiger partial charge >= 0.3 is 0 Å². The second-order valence-corrected chi connectivity index (χ2v) is 3.76. The maximum Gasteiger partial charge on any atom is 0.122 e. The van der Waals surface area contributed by atoms with E-state index in [2.05, 4.69) is 12.2 Å². The van der Waals surface area contributed by atoms with E-state index in [1.54, 1.807) is 13.2 Å². The number of nitrogens with one attached hydrogen (secondary N) is 1. The van der Waals surface area contributed by atoms with Gasteiger partial charge in [-0.3, -0.25) is 0 Å². The van der Waals surface area contributed by atoms with E-state index in [1.807, 2.05) is 12.1 Å². The number of hydrogen-bond acceptors (Lipinski definition) is 4. The van der Waals surface area contributed by atoms with Gasteiger partial charge in [0.05, 0.1) is 7.11 Å². The molecule has 0 aliphatic rings. The summed E-state index contributed by atoms with van der Waals surface area (Å²) in [6.07, 6.45) is 1.69. The molecule has 0 heterocycles. The highest BCUT2D eigenvalue weighted by molar-refractivity contribution is 5.59. The van der Waals surface area contributed by atoms with Crippen molar-refractivity contribution in [2.75, 3.05) is 24.8 Å². The predicted octanol–water partition coefficient (Wildman–Crippen LogP) is 1.85. The summed E-state index contributed by atoms with van der Waals surface area (Å²) < 4.78 is 5.14. The Labute approximate surface area is 96.4 Å². The second kappa shape index (κ2) is 6.23. The van der Waals surface area contributed by atoms with Crippen molar-refractivity contribution >= 4 is 11.4 Å². The normalized spacial score (nSPS) is 12.2. The van der Waals surface area contributed by atoms with Gasteiger partial charge in [-0.15, -0.1) is 0 Å². The van der Waals surface area contributed by atoms with Gasteiger partial charge in [-0.2, -0.15) is 0 Å². The molecule has 0 amide bonds. The minimum absolute atomic E-state index is 0.185. The molecule has 0 saturated heterocycles. The minimum Gasteiger partial charge on any atom is -0.497 e. The lowest BCUT2D eigenvalue weighted by Gasteiger charge is -2.18. The van der Waals surface area contributed by atoms with Crippen LogP contribution in [0.2, 0.25) is 0 Å². The number of aliphatic hydroxyl groups is 1. The number of methoxy groups -OCH3 is 1. The third-order valence-electron chi connectivity index (χ3n) is 2.51. The first-order valence-electron chi connectivity index (χ1n) is 5.51. The van der Waals surface area contributed by atoms with Crippen LogP contribution in [0, 0.1) is 0 Å². The highest BCUT2D eigenvalue weighted by Crippen LogP contribution is 2.23. The standard InChI is InChI=1S/C12H20N2O2/c1-3-10(4-5-15)14-11-6-9(13)7-12(8-11)16-2/h6-8,10,14-15H,3-5,13H2,1-2H3. The Bertz CT molecular complexity index is 329. The van der Waals surface area contributed by atoms with Crippen molar-refractivity contribution in [2.45, 2.75) is 25.8 Å². The Morgan fingerprint density at radius 2 is 2.19 bits per heavy atom. The van der Waals surface area contributed by atoms with Gasteiger partial charge in [-0.05, 0) is 18.9 Å². The van der Waals surface area contributed by atoms with Gasteiger partial charge < -0.3 is 20.9 Å². The molecule has 0 spiro atoms. The van der Waals surface area contributed by atoms with E-state index in [0.717, 1.165) is 24.3 Å². The van der Waals surface area contributed by atoms with Crippen LogP contribution in [0.25, 0.3) is 0 Å². The zero-order valence-corrected chi connectivity index (χ0v) is 9.86. The van der Waals surface area contributed by atoms with Gasteiger partial charge in [0.25, 0.3) is 0 Å². The smallest absolute Gasteiger partial charge is 0.122 e. The summed E-state index contributed by atoms with van der Waals surface area (Å²) in [5, 5.41) is 12.2. The van der Waals surface area contributed by atoms with Crippen LogP contribution in [-0.4, -0.2) is 24.9 Å². The van der Waals surface area contributed by atoms with Gasteiger partial charge in [0.2, 0.25) is 0 Å². The Kier molecular flexibility index (Phi) is 4.92. The molecular weight excluding hydrogens is 204 g/mol. The summed E-state index contributed by atoms with van der Waals surface area (Å²) >= 11 is 0.